The summed E-state index contributed by atoms with van der Waals surface area (Å²) in [6, 6.07) is 0. The third-order valence-corrected chi connectivity index (χ3v) is 11.0. The Hall–Kier alpha value is -2.11. The lowest BCUT2D eigenvalue weighted by molar-refractivity contribution is -0.167. The van der Waals surface area contributed by atoms with Gasteiger partial charge in [-0.2, -0.15) is 0 Å². The molecule has 0 aliphatic heterocycles. The smallest absolute Gasteiger partial charge is 0.306 e. The molecule has 0 bridgehead atoms. The first-order chi connectivity index (χ1) is 28.0. The van der Waals surface area contributed by atoms with Gasteiger partial charge in [0.2, 0.25) is 0 Å². The normalized spacial score (nSPS) is 12.1. The van der Waals surface area contributed by atoms with Gasteiger partial charge in [0.25, 0.3) is 0 Å². The monoisotopic (exact) mass is 803 g/mol. The van der Waals surface area contributed by atoms with Gasteiger partial charge < -0.3 is 14.2 Å². The van der Waals surface area contributed by atoms with Crippen molar-refractivity contribution in [2.24, 2.45) is 0 Å². The molecule has 0 spiro atoms. The molecule has 0 aromatic heterocycles. The molecule has 6 nitrogen and oxygen atoms in total. The van der Waals surface area contributed by atoms with Crippen LogP contribution in [0.1, 0.15) is 265 Å². The highest BCUT2D eigenvalue weighted by molar-refractivity contribution is 5.71. The van der Waals surface area contributed by atoms with Crippen molar-refractivity contribution in [3.63, 3.8) is 0 Å². The molecule has 0 aromatic rings. The maximum absolute atomic E-state index is 12.7. The maximum Gasteiger partial charge on any atom is 0.306 e. The first-order valence-electron chi connectivity index (χ1n) is 24.8. The SMILES string of the molecule is CCCCC/C=C\C/C=C\CCCCCCCC(=O)OC(COC(=O)CCCCCCCC)COC(=O)CCCCCCCCCCCCCCCCCCCC. The van der Waals surface area contributed by atoms with Crippen LogP contribution in [0, 0.1) is 0 Å². The summed E-state index contributed by atoms with van der Waals surface area (Å²) in [5.41, 5.74) is 0. The molecule has 0 amide bonds. The summed E-state index contributed by atoms with van der Waals surface area (Å²) in [7, 11) is 0. The van der Waals surface area contributed by atoms with Gasteiger partial charge in [-0.05, 0) is 51.4 Å². The van der Waals surface area contributed by atoms with Gasteiger partial charge >= 0.3 is 17.9 Å². The molecule has 1 unspecified atom stereocenters. The second-order valence-electron chi connectivity index (χ2n) is 16.7. The van der Waals surface area contributed by atoms with E-state index in [0.29, 0.717) is 19.3 Å². The largest absolute Gasteiger partial charge is 0.462 e. The summed E-state index contributed by atoms with van der Waals surface area (Å²) in [5.74, 6) is -0.887. The number of hydrogen-bond acceptors (Lipinski definition) is 6. The average molecular weight is 803 g/mol. The van der Waals surface area contributed by atoms with Crippen LogP contribution in [0.15, 0.2) is 24.3 Å². The molecular weight excluding hydrogens is 709 g/mol. The van der Waals surface area contributed by atoms with Crippen molar-refractivity contribution >= 4 is 17.9 Å². The lowest BCUT2D eigenvalue weighted by atomic mass is 10.0. The van der Waals surface area contributed by atoms with E-state index in [0.717, 1.165) is 83.5 Å². The number of unbranched alkanes of at least 4 members (excludes halogenated alkanes) is 30. The summed E-state index contributed by atoms with van der Waals surface area (Å²) in [4.78, 5) is 37.7. The van der Waals surface area contributed by atoms with Crippen molar-refractivity contribution in [3.05, 3.63) is 24.3 Å². The topological polar surface area (TPSA) is 78.9 Å². The van der Waals surface area contributed by atoms with Gasteiger partial charge in [0, 0.05) is 19.3 Å². The zero-order valence-electron chi connectivity index (χ0n) is 38.1. The van der Waals surface area contributed by atoms with Crippen LogP contribution in [0.2, 0.25) is 0 Å². The maximum atomic E-state index is 12.7. The lowest BCUT2D eigenvalue weighted by Gasteiger charge is -2.18. The third kappa shape index (κ3) is 44.8. The molecule has 0 saturated carbocycles. The van der Waals surface area contributed by atoms with Crippen LogP contribution >= 0.6 is 0 Å². The van der Waals surface area contributed by atoms with E-state index in [4.69, 9.17) is 14.2 Å². The Morgan fingerprint density at radius 2 is 0.632 bits per heavy atom. The van der Waals surface area contributed by atoms with Crippen molar-refractivity contribution in [2.75, 3.05) is 13.2 Å². The Balaban J connectivity index is 4.20. The van der Waals surface area contributed by atoms with E-state index < -0.39 is 6.10 Å². The van der Waals surface area contributed by atoms with E-state index in [1.165, 1.54) is 141 Å². The molecule has 0 saturated heterocycles. The summed E-state index contributed by atoms with van der Waals surface area (Å²) in [6.45, 7) is 6.56. The van der Waals surface area contributed by atoms with Crippen LogP contribution < -0.4 is 0 Å². The highest BCUT2D eigenvalue weighted by Crippen LogP contribution is 2.16. The number of hydrogen-bond donors (Lipinski definition) is 0. The molecular formula is C51H94O6. The number of esters is 3. The number of carbonyl (C=O) groups excluding carboxylic acids is 3. The summed E-state index contributed by atoms with van der Waals surface area (Å²) in [5, 5.41) is 0. The van der Waals surface area contributed by atoms with Gasteiger partial charge in [0.1, 0.15) is 13.2 Å². The molecule has 0 aromatic carbocycles. The standard InChI is InChI=1S/C51H94O6/c1-4-7-10-13-16-18-20-22-24-25-26-28-29-31-33-35-38-41-44-50(53)56-47-48(46-55-49(52)43-40-37-15-12-9-6-3)57-51(54)45-42-39-36-34-32-30-27-23-21-19-17-14-11-8-5-2/h17,19,23,27,48H,4-16,18,20-22,24-26,28-47H2,1-3H3/b19-17-,27-23-. The number of carbonyl (C=O) groups is 3. The van der Waals surface area contributed by atoms with Crippen LogP contribution in [0.4, 0.5) is 0 Å². The predicted molar refractivity (Wildman–Crippen MR) is 243 cm³/mol. The van der Waals surface area contributed by atoms with E-state index in [2.05, 4.69) is 45.1 Å². The van der Waals surface area contributed by atoms with Gasteiger partial charge in [-0.3, -0.25) is 14.4 Å². The van der Waals surface area contributed by atoms with Crippen LogP contribution in [-0.4, -0.2) is 37.2 Å². The fraction of sp³-hybridized carbons (Fsp3) is 0.863. The molecule has 0 heterocycles. The van der Waals surface area contributed by atoms with Crippen LogP contribution in [0.5, 0.6) is 0 Å². The molecule has 57 heavy (non-hydrogen) atoms. The molecule has 0 aliphatic carbocycles. The van der Waals surface area contributed by atoms with Crippen molar-refractivity contribution in [3.8, 4) is 0 Å². The van der Waals surface area contributed by atoms with Gasteiger partial charge in [-0.1, -0.05) is 218 Å². The molecule has 0 rings (SSSR count). The van der Waals surface area contributed by atoms with E-state index >= 15 is 0 Å². The second-order valence-corrected chi connectivity index (χ2v) is 16.7. The Morgan fingerprint density at radius 3 is 1.00 bits per heavy atom. The molecule has 1 atom stereocenters. The van der Waals surface area contributed by atoms with E-state index in [1.54, 1.807) is 0 Å². The summed E-state index contributed by atoms with van der Waals surface area (Å²) < 4.78 is 16.7. The Labute approximate surface area is 353 Å². The second kappa shape index (κ2) is 46.6. The molecule has 0 N–H and O–H groups in total. The van der Waals surface area contributed by atoms with E-state index in [-0.39, 0.29) is 31.1 Å². The first kappa shape index (κ1) is 54.9. The van der Waals surface area contributed by atoms with Crippen molar-refractivity contribution in [1.29, 1.82) is 0 Å². The quantitative estimate of drug-likeness (QED) is 0.0264. The Bertz CT molecular complexity index is 927. The number of rotatable bonds is 45. The Kier molecular flexibility index (Phi) is 44.9. The molecule has 334 valence electrons. The van der Waals surface area contributed by atoms with Crippen LogP contribution in [0.25, 0.3) is 0 Å². The molecule has 6 heteroatoms. The van der Waals surface area contributed by atoms with Crippen LogP contribution in [0.3, 0.4) is 0 Å². The zero-order valence-corrected chi connectivity index (χ0v) is 38.1. The summed E-state index contributed by atoms with van der Waals surface area (Å²) >= 11 is 0. The van der Waals surface area contributed by atoms with Gasteiger partial charge in [-0.25, -0.2) is 0 Å². The Morgan fingerprint density at radius 1 is 0.351 bits per heavy atom. The van der Waals surface area contributed by atoms with Crippen molar-refractivity contribution < 1.29 is 28.6 Å². The van der Waals surface area contributed by atoms with E-state index in [1.807, 2.05) is 0 Å². The first-order valence-corrected chi connectivity index (χ1v) is 24.8. The fourth-order valence-electron chi connectivity index (χ4n) is 7.18. The predicted octanol–water partition coefficient (Wildman–Crippen LogP) is 16.0. The van der Waals surface area contributed by atoms with Gasteiger partial charge in [0.05, 0.1) is 0 Å². The molecule has 0 radical (unpaired) electrons. The molecule has 0 aliphatic rings. The van der Waals surface area contributed by atoms with Crippen molar-refractivity contribution in [2.45, 2.75) is 271 Å². The minimum Gasteiger partial charge on any atom is -0.462 e. The highest BCUT2D eigenvalue weighted by atomic mass is 16.6. The van der Waals surface area contributed by atoms with E-state index in [9.17, 15) is 14.4 Å². The average Bonchev–Trinajstić information content (AvgIpc) is 3.21. The highest BCUT2D eigenvalue weighted by Gasteiger charge is 2.19. The fourth-order valence-corrected chi connectivity index (χ4v) is 7.18. The minimum atomic E-state index is -0.770. The van der Waals surface area contributed by atoms with Gasteiger partial charge in [0.15, 0.2) is 6.10 Å². The van der Waals surface area contributed by atoms with Crippen molar-refractivity contribution in [1.82, 2.24) is 0 Å². The van der Waals surface area contributed by atoms with Crippen LogP contribution in [-0.2, 0) is 28.6 Å². The minimum absolute atomic E-state index is 0.0733. The molecule has 0 fully saturated rings. The third-order valence-electron chi connectivity index (χ3n) is 11.0. The lowest BCUT2D eigenvalue weighted by Crippen LogP contribution is -2.30. The summed E-state index contributed by atoms with van der Waals surface area (Å²) in [6.07, 6.45) is 51.8. The number of ether oxygens (including phenoxy) is 3. The van der Waals surface area contributed by atoms with Gasteiger partial charge in [-0.15, -0.1) is 0 Å². The zero-order chi connectivity index (χ0) is 41.5. The number of allylic oxidation sites excluding steroid dienone is 4.